The Morgan fingerprint density at radius 2 is 1.07 bits per heavy atom. The first-order valence-corrected chi connectivity index (χ1v) is 14.1. The highest BCUT2D eigenvalue weighted by Gasteiger charge is 2.22. The monoisotopic (exact) mass is 538 g/mol. The molecule has 2 heterocycles. The van der Waals surface area contributed by atoms with Crippen LogP contribution in [0.3, 0.4) is 0 Å². The molecule has 0 radical (unpaired) electrons. The van der Waals surface area contributed by atoms with Gasteiger partial charge < -0.3 is 4.74 Å². The first kappa shape index (κ1) is 24.3. The molecule has 0 atom stereocenters. The molecule has 0 bridgehead atoms. The Morgan fingerprint density at radius 1 is 0.476 bits per heavy atom. The standard InChI is InChI=1S/C39H26N2O/c1-25-18-19-40-37(20-25)27-10-4-12-29(21-27)42-30-13-5-11-28(22-30)38-23-35-34-17-7-9-26-8-6-16-33(39(26)34)31-14-2-3-15-32(31)36(35)24-41-38/h2-24H,1H3. The first-order chi connectivity index (χ1) is 20.7. The third-order valence-electron chi connectivity index (χ3n) is 8.02. The fourth-order valence-corrected chi connectivity index (χ4v) is 6.06. The van der Waals surface area contributed by atoms with Crippen LogP contribution in [0.25, 0.3) is 66.7 Å². The Balaban J connectivity index is 1.21. The number of hydrogen-bond acceptors (Lipinski definition) is 3. The lowest BCUT2D eigenvalue weighted by molar-refractivity contribution is 0.483. The van der Waals surface area contributed by atoms with E-state index in [1.165, 1.54) is 44.2 Å². The lowest BCUT2D eigenvalue weighted by Gasteiger charge is -2.13. The fourth-order valence-electron chi connectivity index (χ4n) is 6.06. The van der Waals surface area contributed by atoms with Crippen LogP contribution in [0.1, 0.15) is 5.56 Å². The number of pyridine rings is 2. The average molecular weight is 539 g/mol. The van der Waals surface area contributed by atoms with Gasteiger partial charge in [0.1, 0.15) is 11.5 Å². The number of rotatable bonds is 4. The van der Waals surface area contributed by atoms with Crippen molar-refractivity contribution in [2.45, 2.75) is 6.92 Å². The van der Waals surface area contributed by atoms with E-state index < -0.39 is 0 Å². The van der Waals surface area contributed by atoms with Crippen molar-refractivity contribution in [1.82, 2.24) is 9.97 Å². The van der Waals surface area contributed by atoms with Gasteiger partial charge in [0.05, 0.1) is 11.4 Å². The molecule has 0 amide bonds. The van der Waals surface area contributed by atoms with Gasteiger partial charge in [-0.25, -0.2) is 0 Å². The highest BCUT2D eigenvalue weighted by Crippen LogP contribution is 2.47. The fraction of sp³-hybridized carbons (Fsp3) is 0.0256. The first-order valence-electron chi connectivity index (χ1n) is 14.1. The number of benzene rings is 5. The highest BCUT2D eigenvalue weighted by molar-refractivity contribution is 6.13. The molecule has 8 rings (SSSR count). The van der Waals surface area contributed by atoms with E-state index in [1.54, 1.807) is 0 Å². The lowest BCUT2D eigenvalue weighted by atomic mass is 9.93. The van der Waals surface area contributed by atoms with Crippen LogP contribution in [0.15, 0.2) is 140 Å². The summed E-state index contributed by atoms with van der Waals surface area (Å²) in [6.07, 6.45) is 3.87. The summed E-state index contributed by atoms with van der Waals surface area (Å²) in [4.78, 5) is 9.51. The molecule has 2 aromatic heterocycles. The molecule has 3 nitrogen and oxygen atoms in total. The zero-order valence-corrected chi connectivity index (χ0v) is 23.1. The second-order valence-corrected chi connectivity index (χ2v) is 10.7. The van der Waals surface area contributed by atoms with Crippen LogP contribution < -0.4 is 4.74 Å². The maximum atomic E-state index is 6.35. The molecule has 0 saturated heterocycles. The minimum Gasteiger partial charge on any atom is -0.457 e. The third-order valence-corrected chi connectivity index (χ3v) is 8.02. The number of aromatic nitrogens is 2. The maximum absolute atomic E-state index is 6.35. The molecule has 198 valence electrons. The zero-order valence-electron chi connectivity index (χ0n) is 23.1. The maximum Gasteiger partial charge on any atom is 0.128 e. The SMILES string of the molecule is Cc1ccnc(-c2cccc(Oc3cccc(-c4cc5c(cn4)-c4ccccc4-c4cccc6cccc-5c46)c3)c2)c1. The molecular formula is C39H26N2O. The topological polar surface area (TPSA) is 35.0 Å². The van der Waals surface area contributed by atoms with Gasteiger partial charge in [-0.3, -0.25) is 9.97 Å². The summed E-state index contributed by atoms with van der Waals surface area (Å²) >= 11 is 0. The van der Waals surface area contributed by atoms with Gasteiger partial charge in [0.25, 0.3) is 0 Å². The van der Waals surface area contributed by atoms with E-state index in [2.05, 4.69) is 103 Å². The summed E-state index contributed by atoms with van der Waals surface area (Å²) in [5, 5.41) is 2.52. The van der Waals surface area contributed by atoms with E-state index >= 15 is 0 Å². The Bertz CT molecular complexity index is 2140. The quantitative estimate of drug-likeness (QED) is 0.224. The average Bonchev–Trinajstić information content (AvgIpc) is 3.15. The van der Waals surface area contributed by atoms with Crippen molar-refractivity contribution in [3.05, 3.63) is 145 Å². The van der Waals surface area contributed by atoms with Gasteiger partial charge in [-0.05, 0) is 93.5 Å². The summed E-state index contributed by atoms with van der Waals surface area (Å²) in [6.45, 7) is 2.07. The molecule has 7 aromatic rings. The van der Waals surface area contributed by atoms with Crippen LogP contribution in [-0.2, 0) is 0 Å². The van der Waals surface area contributed by atoms with Crippen LogP contribution in [0.5, 0.6) is 11.5 Å². The summed E-state index contributed by atoms with van der Waals surface area (Å²) in [5.41, 5.74) is 12.3. The van der Waals surface area contributed by atoms with Gasteiger partial charge in [0.2, 0.25) is 0 Å². The van der Waals surface area contributed by atoms with Crippen molar-refractivity contribution in [1.29, 1.82) is 0 Å². The predicted octanol–water partition coefficient (Wildman–Crippen LogP) is 10.4. The highest BCUT2D eigenvalue weighted by atomic mass is 16.5. The van der Waals surface area contributed by atoms with E-state index in [9.17, 15) is 0 Å². The number of aryl methyl sites for hydroxylation is 1. The van der Waals surface area contributed by atoms with Crippen molar-refractivity contribution in [3.8, 4) is 67.4 Å². The molecule has 0 saturated carbocycles. The van der Waals surface area contributed by atoms with Gasteiger partial charge in [-0.15, -0.1) is 0 Å². The second kappa shape index (κ2) is 9.83. The molecule has 1 aliphatic carbocycles. The van der Waals surface area contributed by atoms with Gasteiger partial charge in [-0.2, -0.15) is 0 Å². The summed E-state index contributed by atoms with van der Waals surface area (Å²) in [5.74, 6) is 1.53. The Hall–Kier alpha value is -5.54. The Kier molecular flexibility index (Phi) is 5.68. The zero-order chi connectivity index (χ0) is 28.0. The minimum absolute atomic E-state index is 0.761. The smallest absolute Gasteiger partial charge is 0.128 e. The molecule has 0 unspecified atom stereocenters. The molecule has 1 aliphatic rings. The van der Waals surface area contributed by atoms with Crippen LogP contribution >= 0.6 is 0 Å². The van der Waals surface area contributed by atoms with Crippen LogP contribution in [-0.4, -0.2) is 9.97 Å². The van der Waals surface area contributed by atoms with Gasteiger partial charge in [0, 0.05) is 29.1 Å². The number of hydrogen-bond donors (Lipinski definition) is 0. The molecule has 3 heteroatoms. The Morgan fingerprint density at radius 3 is 1.76 bits per heavy atom. The largest absolute Gasteiger partial charge is 0.457 e. The Labute approximate surface area is 244 Å². The summed E-state index contributed by atoms with van der Waals surface area (Å²) in [6, 6.07) is 44.3. The number of ether oxygens (including phenoxy) is 1. The summed E-state index contributed by atoms with van der Waals surface area (Å²) in [7, 11) is 0. The van der Waals surface area contributed by atoms with Crippen LogP contribution in [0, 0.1) is 6.92 Å². The molecule has 0 spiro atoms. The van der Waals surface area contributed by atoms with E-state index in [0.29, 0.717) is 0 Å². The van der Waals surface area contributed by atoms with E-state index in [1.807, 2.05) is 48.8 Å². The predicted molar refractivity (Wildman–Crippen MR) is 172 cm³/mol. The molecule has 0 aliphatic heterocycles. The van der Waals surface area contributed by atoms with Crippen molar-refractivity contribution in [2.75, 3.05) is 0 Å². The van der Waals surface area contributed by atoms with E-state index in [4.69, 9.17) is 9.72 Å². The van der Waals surface area contributed by atoms with Crippen LogP contribution in [0.4, 0.5) is 0 Å². The van der Waals surface area contributed by atoms with Crippen molar-refractivity contribution in [2.24, 2.45) is 0 Å². The van der Waals surface area contributed by atoms with Crippen LogP contribution in [0.2, 0.25) is 0 Å². The number of nitrogens with zero attached hydrogens (tertiary/aromatic N) is 2. The second-order valence-electron chi connectivity index (χ2n) is 10.7. The number of fused-ring (bicyclic) bond motifs is 5. The summed E-state index contributed by atoms with van der Waals surface area (Å²) < 4.78 is 6.35. The molecule has 42 heavy (non-hydrogen) atoms. The third kappa shape index (κ3) is 4.15. The van der Waals surface area contributed by atoms with Crippen molar-refractivity contribution < 1.29 is 4.74 Å². The van der Waals surface area contributed by atoms with Crippen molar-refractivity contribution >= 4 is 10.8 Å². The molecular weight excluding hydrogens is 512 g/mol. The van der Waals surface area contributed by atoms with Gasteiger partial charge in [-0.1, -0.05) is 84.9 Å². The molecule has 0 fully saturated rings. The van der Waals surface area contributed by atoms with Gasteiger partial charge in [0.15, 0.2) is 0 Å². The van der Waals surface area contributed by atoms with E-state index in [-0.39, 0.29) is 0 Å². The molecule has 5 aromatic carbocycles. The molecule has 0 N–H and O–H groups in total. The van der Waals surface area contributed by atoms with Gasteiger partial charge >= 0.3 is 0 Å². The van der Waals surface area contributed by atoms with E-state index in [0.717, 1.165) is 39.6 Å². The lowest BCUT2D eigenvalue weighted by Crippen LogP contribution is -1.92. The van der Waals surface area contributed by atoms with Crippen molar-refractivity contribution in [3.63, 3.8) is 0 Å². The normalized spacial score (nSPS) is 11.5. The minimum atomic E-state index is 0.761.